The van der Waals surface area contributed by atoms with Gasteiger partial charge in [0.05, 0.1) is 30.0 Å². The summed E-state index contributed by atoms with van der Waals surface area (Å²) in [5, 5.41) is 10.9. The summed E-state index contributed by atoms with van der Waals surface area (Å²) < 4.78 is 7.57. The van der Waals surface area contributed by atoms with E-state index in [9.17, 15) is 14.7 Å². The molecule has 0 bridgehead atoms. The number of carbonyl (C=O) groups excluding carboxylic acids is 1. The van der Waals surface area contributed by atoms with E-state index >= 15 is 0 Å². The first kappa shape index (κ1) is 28.0. The third kappa shape index (κ3) is 5.53. The highest BCUT2D eigenvalue weighted by Crippen LogP contribution is 2.44. The lowest BCUT2D eigenvalue weighted by atomic mass is 9.81. The zero-order valence-corrected chi connectivity index (χ0v) is 24.5. The van der Waals surface area contributed by atoms with Crippen molar-refractivity contribution in [2.24, 2.45) is 0 Å². The maximum atomic E-state index is 13.6. The van der Waals surface area contributed by atoms with Crippen LogP contribution in [0.4, 0.5) is 5.69 Å². The maximum absolute atomic E-state index is 13.6. The molecule has 0 radical (unpaired) electrons. The number of carboxylic acid groups (broad SMARTS) is 1. The highest BCUT2D eigenvalue weighted by atomic mass is 16.5. The van der Waals surface area contributed by atoms with E-state index in [0.29, 0.717) is 32.2 Å². The molecular formula is C35H39N3O4. The number of carbonyl (C=O) groups is 2. The van der Waals surface area contributed by atoms with Gasteiger partial charge in [0, 0.05) is 38.3 Å². The molecule has 2 aliphatic rings. The van der Waals surface area contributed by atoms with E-state index in [1.54, 1.807) is 12.1 Å². The zero-order valence-electron chi connectivity index (χ0n) is 24.5. The summed E-state index contributed by atoms with van der Waals surface area (Å²) >= 11 is 0. The molecule has 1 saturated carbocycles. The Balaban J connectivity index is 1.49. The van der Waals surface area contributed by atoms with Gasteiger partial charge in [0.25, 0.3) is 0 Å². The van der Waals surface area contributed by atoms with Gasteiger partial charge in [0.15, 0.2) is 0 Å². The number of aromatic carboxylic acids is 1. The summed E-state index contributed by atoms with van der Waals surface area (Å²) in [5.74, 6) is -0.565. The molecule has 218 valence electrons. The van der Waals surface area contributed by atoms with Gasteiger partial charge in [-0.1, -0.05) is 61.7 Å². The Hall–Kier alpha value is -4.10. The van der Waals surface area contributed by atoms with Gasteiger partial charge in [-0.2, -0.15) is 0 Å². The molecule has 7 heteroatoms. The van der Waals surface area contributed by atoms with Gasteiger partial charge in [0.1, 0.15) is 6.54 Å². The van der Waals surface area contributed by atoms with Crippen LogP contribution in [0.2, 0.25) is 0 Å². The Morgan fingerprint density at radius 2 is 1.48 bits per heavy atom. The van der Waals surface area contributed by atoms with E-state index in [2.05, 4.69) is 58.0 Å². The second-order valence-corrected chi connectivity index (χ2v) is 11.7. The Morgan fingerprint density at radius 1 is 0.857 bits per heavy atom. The van der Waals surface area contributed by atoms with Crippen LogP contribution in [-0.4, -0.2) is 66.8 Å². The minimum atomic E-state index is -0.963. The van der Waals surface area contributed by atoms with Crippen LogP contribution in [0.25, 0.3) is 33.3 Å². The molecular weight excluding hydrogens is 526 g/mol. The summed E-state index contributed by atoms with van der Waals surface area (Å²) in [6.07, 6.45) is 5.79. The number of ether oxygens (including phenoxy) is 1. The molecule has 1 aromatic heterocycles. The first-order valence-electron chi connectivity index (χ1n) is 15.0. The van der Waals surface area contributed by atoms with E-state index in [1.807, 2.05) is 25.1 Å². The largest absolute Gasteiger partial charge is 0.478 e. The van der Waals surface area contributed by atoms with Crippen molar-refractivity contribution in [1.82, 2.24) is 9.47 Å². The fourth-order valence-corrected chi connectivity index (χ4v) is 6.61. The first-order valence-corrected chi connectivity index (χ1v) is 15.0. The van der Waals surface area contributed by atoms with Crippen molar-refractivity contribution in [3.05, 3.63) is 77.9 Å². The first-order chi connectivity index (χ1) is 20.4. The highest BCUT2D eigenvalue weighted by Gasteiger charge is 2.29. The Labute approximate surface area is 247 Å². The van der Waals surface area contributed by atoms with Crippen LogP contribution in [0.5, 0.6) is 0 Å². The van der Waals surface area contributed by atoms with Crippen molar-refractivity contribution in [2.45, 2.75) is 44.6 Å². The van der Waals surface area contributed by atoms with E-state index in [0.717, 1.165) is 51.8 Å². The molecule has 3 aromatic carbocycles. The molecule has 42 heavy (non-hydrogen) atoms. The molecule has 1 aliphatic carbocycles. The van der Waals surface area contributed by atoms with E-state index in [4.69, 9.17) is 4.74 Å². The summed E-state index contributed by atoms with van der Waals surface area (Å²) in [7, 11) is 4.08. The van der Waals surface area contributed by atoms with Crippen molar-refractivity contribution in [3.8, 4) is 22.4 Å². The molecule has 1 amide bonds. The number of amides is 1. The molecule has 4 aromatic rings. The summed E-state index contributed by atoms with van der Waals surface area (Å²) in [6.45, 7) is 2.39. The molecule has 6 rings (SSSR count). The van der Waals surface area contributed by atoms with Gasteiger partial charge < -0.3 is 24.2 Å². The van der Waals surface area contributed by atoms with Crippen molar-refractivity contribution >= 4 is 28.5 Å². The average Bonchev–Trinajstić information content (AvgIpc) is 3.35. The van der Waals surface area contributed by atoms with E-state index in [-0.39, 0.29) is 18.0 Å². The van der Waals surface area contributed by atoms with Gasteiger partial charge >= 0.3 is 5.97 Å². The standard InChI is InChI=1S/C35H39N3O4/c1-36(2)29-15-12-25(13-16-29)24-8-10-27(11-9-24)34-33(26-6-4-3-5-7-26)30-17-14-28(35(40)41)22-31(30)38(34)23-32(39)37-18-20-42-21-19-37/h8-17,22,26H,3-7,18-21,23H2,1-2H3,(H,40,41). The monoisotopic (exact) mass is 565 g/mol. The second kappa shape index (κ2) is 12.0. The number of rotatable bonds is 7. The lowest BCUT2D eigenvalue weighted by Crippen LogP contribution is -2.42. The minimum absolute atomic E-state index is 0.0324. The Bertz CT molecular complexity index is 1580. The van der Waals surface area contributed by atoms with Crippen molar-refractivity contribution in [1.29, 1.82) is 0 Å². The number of carboxylic acids is 1. The average molecular weight is 566 g/mol. The number of aromatic nitrogens is 1. The van der Waals surface area contributed by atoms with E-state index < -0.39 is 5.97 Å². The van der Waals surface area contributed by atoms with Gasteiger partial charge in [-0.25, -0.2) is 4.79 Å². The smallest absolute Gasteiger partial charge is 0.335 e. The molecule has 1 saturated heterocycles. The number of morpholine rings is 1. The topological polar surface area (TPSA) is 75.0 Å². The molecule has 0 unspecified atom stereocenters. The van der Waals surface area contributed by atoms with Gasteiger partial charge in [-0.15, -0.1) is 0 Å². The highest BCUT2D eigenvalue weighted by molar-refractivity contribution is 5.99. The molecule has 0 atom stereocenters. The third-order valence-corrected chi connectivity index (χ3v) is 8.90. The number of anilines is 1. The lowest BCUT2D eigenvalue weighted by Gasteiger charge is -2.28. The van der Waals surface area contributed by atoms with Crippen molar-refractivity contribution in [2.75, 3.05) is 45.3 Å². The van der Waals surface area contributed by atoms with Crippen LogP contribution in [0.15, 0.2) is 66.7 Å². The number of nitrogens with zero attached hydrogens (tertiary/aromatic N) is 3. The quantitative estimate of drug-likeness (QED) is 0.272. The molecule has 2 heterocycles. The summed E-state index contributed by atoms with van der Waals surface area (Å²) in [5.41, 5.74) is 7.82. The fraction of sp³-hybridized carbons (Fsp3) is 0.371. The Kier molecular flexibility index (Phi) is 8.02. The molecule has 0 spiro atoms. The Morgan fingerprint density at radius 3 is 2.10 bits per heavy atom. The zero-order chi connectivity index (χ0) is 29.2. The SMILES string of the molecule is CN(C)c1ccc(-c2ccc(-c3c(C4CCCCC4)c4ccc(C(=O)O)cc4n3CC(=O)N3CCOCC3)cc2)cc1. The van der Waals surface area contributed by atoms with Gasteiger partial charge in [-0.3, -0.25) is 4.79 Å². The molecule has 1 aliphatic heterocycles. The van der Waals surface area contributed by atoms with Gasteiger partial charge in [-0.05, 0) is 65.3 Å². The summed E-state index contributed by atoms with van der Waals surface area (Å²) in [6, 6.07) is 22.6. The number of hydrogen-bond donors (Lipinski definition) is 1. The predicted molar refractivity (Wildman–Crippen MR) is 167 cm³/mol. The van der Waals surface area contributed by atoms with Crippen LogP contribution in [0.3, 0.4) is 0 Å². The molecule has 1 N–H and O–H groups in total. The van der Waals surface area contributed by atoms with Crippen LogP contribution >= 0.6 is 0 Å². The molecule has 7 nitrogen and oxygen atoms in total. The number of fused-ring (bicyclic) bond motifs is 1. The second-order valence-electron chi connectivity index (χ2n) is 11.7. The van der Waals surface area contributed by atoms with Crippen LogP contribution in [-0.2, 0) is 16.1 Å². The third-order valence-electron chi connectivity index (χ3n) is 8.90. The fourth-order valence-electron chi connectivity index (χ4n) is 6.61. The lowest BCUT2D eigenvalue weighted by molar-refractivity contribution is -0.135. The predicted octanol–water partition coefficient (Wildman–Crippen LogP) is 6.65. The van der Waals surface area contributed by atoms with Gasteiger partial charge in [0.2, 0.25) is 5.91 Å². The van der Waals surface area contributed by atoms with Crippen LogP contribution < -0.4 is 4.90 Å². The van der Waals surface area contributed by atoms with Crippen molar-refractivity contribution < 1.29 is 19.4 Å². The normalized spacial score (nSPS) is 16.1. The molecule has 2 fully saturated rings. The number of benzene rings is 3. The van der Waals surface area contributed by atoms with E-state index in [1.165, 1.54) is 24.8 Å². The van der Waals surface area contributed by atoms with Crippen LogP contribution in [0.1, 0.15) is 53.9 Å². The van der Waals surface area contributed by atoms with Crippen molar-refractivity contribution in [3.63, 3.8) is 0 Å². The minimum Gasteiger partial charge on any atom is -0.478 e. The number of hydrogen-bond acceptors (Lipinski definition) is 4. The maximum Gasteiger partial charge on any atom is 0.335 e. The van der Waals surface area contributed by atoms with Crippen LogP contribution in [0, 0.1) is 0 Å². The summed E-state index contributed by atoms with van der Waals surface area (Å²) in [4.78, 5) is 29.6.